The summed E-state index contributed by atoms with van der Waals surface area (Å²) >= 11 is 0. The van der Waals surface area contributed by atoms with Gasteiger partial charge in [0.05, 0.1) is 0 Å². The van der Waals surface area contributed by atoms with Crippen molar-refractivity contribution in [2.24, 2.45) is 17.8 Å². The molecule has 224 valence electrons. The minimum absolute atomic E-state index is 0.130. The molecule has 3 aromatic carbocycles. The predicted octanol–water partition coefficient (Wildman–Crippen LogP) is 12.2. The molecule has 0 radical (unpaired) electrons. The van der Waals surface area contributed by atoms with Gasteiger partial charge in [0.25, 0.3) is 0 Å². The zero-order valence-electron chi connectivity index (χ0n) is 25.5. The first-order valence-electron chi connectivity index (χ1n) is 16.5. The maximum atomic E-state index is 15.4. The van der Waals surface area contributed by atoms with Crippen molar-refractivity contribution in [1.82, 2.24) is 0 Å². The van der Waals surface area contributed by atoms with Gasteiger partial charge in [-0.15, -0.1) is 0 Å². The van der Waals surface area contributed by atoms with Crippen LogP contribution in [-0.4, -0.2) is 0 Å². The summed E-state index contributed by atoms with van der Waals surface area (Å²) < 4.78 is 45.1. The zero-order chi connectivity index (χ0) is 29.5. The third-order valence-corrected chi connectivity index (χ3v) is 10.2. The highest BCUT2D eigenvalue weighted by atomic mass is 19.2. The third-order valence-electron chi connectivity index (χ3n) is 10.2. The highest BCUT2D eigenvalue weighted by Crippen LogP contribution is 2.45. The van der Waals surface area contributed by atoms with E-state index in [1.807, 2.05) is 24.3 Å². The standard InChI is InChI=1S/C39H47F3/c1-3-5-6-7-9-33-22-25-36(39(42)38(33)41)32-20-16-30(17-21-32)34-23-24-35(37(40)26-34)31-18-14-29(15-19-31)28-12-10-27(8-4-2)11-13-28/h4,8,16-17,20-29,31H,3,5-7,9-15,18-19H2,1-2H3. The van der Waals surface area contributed by atoms with Crippen LogP contribution in [0, 0.1) is 35.2 Å². The minimum atomic E-state index is -0.790. The second kappa shape index (κ2) is 14.6. The van der Waals surface area contributed by atoms with Crippen molar-refractivity contribution < 1.29 is 13.2 Å². The van der Waals surface area contributed by atoms with Gasteiger partial charge < -0.3 is 0 Å². The van der Waals surface area contributed by atoms with E-state index < -0.39 is 11.6 Å². The van der Waals surface area contributed by atoms with E-state index in [0.29, 0.717) is 23.5 Å². The summed E-state index contributed by atoms with van der Waals surface area (Å²) in [6.07, 6.45) is 19.2. The third kappa shape index (κ3) is 7.21. The highest BCUT2D eigenvalue weighted by molar-refractivity contribution is 5.71. The zero-order valence-corrected chi connectivity index (χ0v) is 25.5. The van der Waals surface area contributed by atoms with Crippen molar-refractivity contribution >= 4 is 0 Å². The second-order valence-corrected chi connectivity index (χ2v) is 12.8. The normalized spacial score (nSPS) is 23.0. The Morgan fingerprint density at radius 1 is 0.667 bits per heavy atom. The summed E-state index contributed by atoms with van der Waals surface area (Å²) in [5.74, 6) is 1.06. The molecule has 0 nitrogen and oxygen atoms in total. The molecule has 0 saturated heterocycles. The lowest BCUT2D eigenvalue weighted by Gasteiger charge is -2.37. The fraction of sp³-hybridized carbons (Fsp3) is 0.487. The number of rotatable bonds is 10. The molecule has 2 aliphatic rings. The van der Waals surface area contributed by atoms with Gasteiger partial charge in [-0.05, 0) is 129 Å². The molecule has 2 fully saturated rings. The van der Waals surface area contributed by atoms with Crippen LogP contribution in [0.2, 0.25) is 0 Å². The molecule has 0 bridgehead atoms. The van der Waals surface area contributed by atoms with Crippen LogP contribution in [0.15, 0.2) is 66.7 Å². The molecule has 5 rings (SSSR count). The minimum Gasteiger partial charge on any atom is -0.207 e. The lowest BCUT2D eigenvalue weighted by atomic mass is 9.68. The van der Waals surface area contributed by atoms with Gasteiger partial charge in [-0.25, -0.2) is 13.2 Å². The molecule has 0 atom stereocenters. The Morgan fingerprint density at radius 2 is 1.31 bits per heavy atom. The molecule has 3 heteroatoms. The molecular weight excluding hydrogens is 525 g/mol. The van der Waals surface area contributed by atoms with Crippen molar-refractivity contribution in [2.75, 3.05) is 0 Å². The number of hydrogen-bond acceptors (Lipinski definition) is 0. The average molecular weight is 573 g/mol. The first kappa shape index (κ1) is 30.6. The number of benzene rings is 3. The molecule has 0 N–H and O–H groups in total. The number of unbranched alkanes of at least 4 members (excludes halogenated alkanes) is 3. The van der Waals surface area contributed by atoms with E-state index in [1.165, 1.54) is 38.5 Å². The number of allylic oxidation sites excluding steroid dienone is 2. The molecule has 42 heavy (non-hydrogen) atoms. The first-order valence-corrected chi connectivity index (χ1v) is 16.5. The molecule has 0 spiro atoms. The number of halogens is 3. The Morgan fingerprint density at radius 3 is 1.95 bits per heavy atom. The van der Waals surface area contributed by atoms with Crippen LogP contribution in [0.5, 0.6) is 0 Å². The van der Waals surface area contributed by atoms with Crippen LogP contribution in [0.1, 0.15) is 108 Å². The average Bonchev–Trinajstić information content (AvgIpc) is 3.02. The number of aryl methyl sites for hydroxylation is 1. The van der Waals surface area contributed by atoms with Crippen LogP contribution in [0.3, 0.4) is 0 Å². The van der Waals surface area contributed by atoms with Gasteiger partial charge in [0.2, 0.25) is 0 Å². The van der Waals surface area contributed by atoms with Crippen molar-refractivity contribution in [3.05, 3.63) is 95.3 Å². The Hall–Kier alpha value is -2.81. The van der Waals surface area contributed by atoms with Crippen LogP contribution in [0.4, 0.5) is 13.2 Å². The molecule has 0 aromatic heterocycles. The smallest absolute Gasteiger partial charge is 0.166 e. The van der Waals surface area contributed by atoms with Gasteiger partial charge in [-0.2, -0.15) is 0 Å². The summed E-state index contributed by atoms with van der Waals surface area (Å²) in [5.41, 5.74) is 3.85. The van der Waals surface area contributed by atoms with E-state index in [0.717, 1.165) is 73.0 Å². The van der Waals surface area contributed by atoms with E-state index in [2.05, 4.69) is 26.0 Å². The lowest BCUT2D eigenvalue weighted by Crippen LogP contribution is -2.25. The van der Waals surface area contributed by atoms with Crippen molar-refractivity contribution in [3.63, 3.8) is 0 Å². The number of hydrogen-bond donors (Lipinski definition) is 0. The SMILES string of the molecule is CC=CC1CCC(C2CCC(c3ccc(-c4ccc(-c5ccc(CCCCCC)c(F)c5F)cc4)cc3F)CC2)CC1. The van der Waals surface area contributed by atoms with E-state index in [1.54, 1.807) is 30.3 Å². The highest BCUT2D eigenvalue weighted by Gasteiger charge is 2.31. The molecular formula is C39H47F3. The first-order chi connectivity index (χ1) is 20.5. The lowest BCUT2D eigenvalue weighted by molar-refractivity contribution is 0.171. The largest absolute Gasteiger partial charge is 0.207 e. The van der Waals surface area contributed by atoms with E-state index in [9.17, 15) is 8.78 Å². The molecule has 0 unspecified atom stereocenters. The topological polar surface area (TPSA) is 0 Å². The fourth-order valence-corrected chi connectivity index (χ4v) is 7.61. The summed E-state index contributed by atoms with van der Waals surface area (Å²) in [4.78, 5) is 0. The maximum absolute atomic E-state index is 15.4. The quantitative estimate of drug-likeness (QED) is 0.167. The molecule has 3 aromatic rings. The monoisotopic (exact) mass is 572 g/mol. The summed E-state index contributed by atoms with van der Waals surface area (Å²) in [6.45, 7) is 4.26. The van der Waals surface area contributed by atoms with Gasteiger partial charge in [0.15, 0.2) is 11.6 Å². The van der Waals surface area contributed by atoms with Crippen LogP contribution in [-0.2, 0) is 6.42 Å². The second-order valence-electron chi connectivity index (χ2n) is 12.8. The summed E-state index contributed by atoms with van der Waals surface area (Å²) in [7, 11) is 0. The Kier molecular flexibility index (Phi) is 10.6. The van der Waals surface area contributed by atoms with E-state index in [-0.39, 0.29) is 11.4 Å². The molecule has 0 aliphatic heterocycles. The van der Waals surface area contributed by atoms with Gasteiger partial charge in [-0.1, -0.05) is 86.9 Å². The van der Waals surface area contributed by atoms with Gasteiger partial charge >= 0.3 is 0 Å². The van der Waals surface area contributed by atoms with Gasteiger partial charge in [0, 0.05) is 5.56 Å². The van der Waals surface area contributed by atoms with Crippen molar-refractivity contribution in [1.29, 1.82) is 0 Å². The van der Waals surface area contributed by atoms with Crippen molar-refractivity contribution in [3.8, 4) is 22.3 Å². The summed E-state index contributed by atoms with van der Waals surface area (Å²) in [6, 6.07) is 16.4. The van der Waals surface area contributed by atoms with Crippen LogP contribution >= 0.6 is 0 Å². The molecule has 2 aliphatic carbocycles. The van der Waals surface area contributed by atoms with Gasteiger partial charge in [0.1, 0.15) is 5.82 Å². The molecule has 2 saturated carbocycles. The van der Waals surface area contributed by atoms with E-state index in [4.69, 9.17) is 0 Å². The molecule has 0 heterocycles. The summed E-state index contributed by atoms with van der Waals surface area (Å²) in [5, 5.41) is 0. The maximum Gasteiger partial charge on any atom is 0.166 e. The Balaban J connectivity index is 1.19. The van der Waals surface area contributed by atoms with Crippen molar-refractivity contribution in [2.45, 2.75) is 103 Å². The van der Waals surface area contributed by atoms with Gasteiger partial charge in [-0.3, -0.25) is 0 Å². The van der Waals surface area contributed by atoms with Crippen LogP contribution in [0.25, 0.3) is 22.3 Å². The predicted molar refractivity (Wildman–Crippen MR) is 170 cm³/mol. The molecule has 0 amide bonds. The fourth-order valence-electron chi connectivity index (χ4n) is 7.61. The Labute approximate surface area is 251 Å². The Bertz CT molecular complexity index is 1320. The van der Waals surface area contributed by atoms with E-state index >= 15 is 4.39 Å². The van der Waals surface area contributed by atoms with Crippen LogP contribution < -0.4 is 0 Å².